The fourth-order valence-electron chi connectivity index (χ4n) is 4.89. The van der Waals surface area contributed by atoms with E-state index in [1.807, 2.05) is 0 Å². The monoisotopic (exact) mass is 503 g/mol. The lowest BCUT2D eigenvalue weighted by molar-refractivity contribution is -0.164. The van der Waals surface area contributed by atoms with E-state index < -0.39 is 72.4 Å². The van der Waals surface area contributed by atoms with Gasteiger partial charge in [0.05, 0.1) is 15.2 Å². The van der Waals surface area contributed by atoms with Gasteiger partial charge < -0.3 is 15.5 Å². The largest absolute Gasteiger partial charge is 0.479 e. The first-order valence-corrected chi connectivity index (χ1v) is 11.7. The number of fused-ring (bicyclic) bond motifs is 2. The second-order valence-electron chi connectivity index (χ2n) is 8.24. The van der Waals surface area contributed by atoms with Gasteiger partial charge >= 0.3 is 5.97 Å². The van der Waals surface area contributed by atoms with Crippen molar-refractivity contribution in [3.63, 3.8) is 0 Å². The van der Waals surface area contributed by atoms with Crippen LogP contribution in [0.5, 0.6) is 0 Å². The van der Waals surface area contributed by atoms with Gasteiger partial charge in [-0.05, 0) is 43.4 Å². The molecule has 2 unspecified atom stereocenters. The molecule has 12 heteroatoms. The van der Waals surface area contributed by atoms with Crippen LogP contribution in [0, 0.1) is 29.3 Å². The summed E-state index contributed by atoms with van der Waals surface area (Å²) < 4.78 is 66.8. The molecule has 7 nitrogen and oxygen atoms in total. The first-order chi connectivity index (χ1) is 15.4. The molecule has 2 aromatic carbocycles. The fourth-order valence-corrected chi connectivity index (χ4v) is 7.78. The summed E-state index contributed by atoms with van der Waals surface area (Å²) in [6.07, 6.45) is 0.414. The van der Waals surface area contributed by atoms with Gasteiger partial charge in [-0.25, -0.2) is 26.4 Å². The number of aliphatic carboxylic acids is 1. The Bertz CT molecular complexity index is 1260. The zero-order valence-electron chi connectivity index (χ0n) is 16.7. The minimum Gasteiger partial charge on any atom is -0.479 e. The SMILES string of the molecule is O=C(Nc1cc(F)c(F)c(F)c1)c1ccc(Cl)c(S(=O)(=O)[C@@H]2C3CCC2[C@@](O)(C(=O)O)C3)c1. The Labute approximate surface area is 191 Å². The Kier molecular flexibility index (Phi) is 5.70. The molecule has 4 atom stereocenters. The van der Waals surface area contributed by atoms with Gasteiger partial charge in [0.25, 0.3) is 5.91 Å². The van der Waals surface area contributed by atoms with Crippen molar-refractivity contribution in [2.24, 2.45) is 11.8 Å². The molecule has 1 amide bonds. The van der Waals surface area contributed by atoms with Gasteiger partial charge in [-0.1, -0.05) is 11.6 Å². The van der Waals surface area contributed by atoms with Gasteiger partial charge in [-0.2, -0.15) is 0 Å². The summed E-state index contributed by atoms with van der Waals surface area (Å²) in [6.45, 7) is 0. The molecule has 0 saturated heterocycles. The minimum absolute atomic E-state index is 0.205. The molecule has 2 saturated carbocycles. The van der Waals surface area contributed by atoms with Gasteiger partial charge in [-0.3, -0.25) is 4.79 Å². The molecule has 4 rings (SSSR count). The molecule has 0 aliphatic heterocycles. The van der Waals surface area contributed by atoms with Crippen LogP contribution in [-0.4, -0.2) is 41.4 Å². The van der Waals surface area contributed by atoms with Crippen molar-refractivity contribution in [1.29, 1.82) is 0 Å². The maximum atomic E-state index is 13.4. The van der Waals surface area contributed by atoms with Crippen molar-refractivity contribution in [1.82, 2.24) is 0 Å². The van der Waals surface area contributed by atoms with E-state index in [1.165, 1.54) is 6.07 Å². The average molecular weight is 504 g/mol. The Morgan fingerprint density at radius 2 is 1.73 bits per heavy atom. The van der Waals surface area contributed by atoms with Crippen LogP contribution in [0.3, 0.4) is 0 Å². The fraction of sp³-hybridized carbons (Fsp3) is 0.333. The summed E-state index contributed by atoms with van der Waals surface area (Å²) >= 11 is 6.10. The van der Waals surface area contributed by atoms with Crippen LogP contribution in [0.4, 0.5) is 18.9 Å². The van der Waals surface area contributed by atoms with E-state index in [9.17, 15) is 41.4 Å². The molecule has 176 valence electrons. The number of carboxylic acids is 1. The van der Waals surface area contributed by atoms with E-state index in [1.54, 1.807) is 0 Å². The molecular formula is C21H17ClF3NO6S. The second kappa shape index (κ2) is 8.00. The number of hydrogen-bond acceptors (Lipinski definition) is 5. The summed E-state index contributed by atoms with van der Waals surface area (Å²) in [5.41, 5.74) is -2.78. The first-order valence-electron chi connectivity index (χ1n) is 9.81. The number of halogens is 4. The van der Waals surface area contributed by atoms with Crippen molar-refractivity contribution < 1.29 is 41.4 Å². The summed E-state index contributed by atoms with van der Waals surface area (Å²) in [4.78, 5) is 23.7. The molecule has 2 bridgehead atoms. The van der Waals surface area contributed by atoms with Crippen molar-refractivity contribution in [3.05, 3.63) is 58.4 Å². The molecule has 2 fully saturated rings. The number of carboxylic acid groups (broad SMARTS) is 1. The minimum atomic E-state index is -4.26. The normalized spacial score (nSPS) is 26.4. The lowest BCUT2D eigenvalue weighted by Gasteiger charge is -2.28. The number of amides is 1. The lowest BCUT2D eigenvalue weighted by Crippen LogP contribution is -2.45. The molecule has 2 aliphatic rings. The predicted molar refractivity (Wildman–Crippen MR) is 110 cm³/mol. The van der Waals surface area contributed by atoms with Crippen LogP contribution in [-0.2, 0) is 14.6 Å². The summed E-state index contributed by atoms with van der Waals surface area (Å²) in [5, 5.41) is 20.7. The smallest absolute Gasteiger partial charge is 0.336 e. The Morgan fingerprint density at radius 1 is 1.09 bits per heavy atom. The highest BCUT2D eigenvalue weighted by atomic mass is 35.5. The van der Waals surface area contributed by atoms with Gasteiger partial charge in [-0.15, -0.1) is 0 Å². The molecule has 0 heterocycles. The number of sulfone groups is 1. The third kappa shape index (κ3) is 3.77. The molecule has 2 aliphatic carbocycles. The lowest BCUT2D eigenvalue weighted by atomic mass is 9.84. The Morgan fingerprint density at radius 3 is 2.30 bits per heavy atom. The number of anilines is 1. The summed E-state index contributed by atoms with van der Waals surface area (Å²) in [6, 6.07) is 4.43. The van der Waals surface area contributed by atoms with E-state index in [-0.39, 0.29) is 23.4 Å². The van der Waals surface area contributed by atoms with Crippen molar-refractivity contribution >= 4 is 39.0 Å². The summed E-state index contributed by atoms with van der Waals surface area (Å²) in [5.74, 6) is -8.82. The van der Waals surface area contributed by atoms with Crippen LogP contribution in [0.1, 0.15) is 29.6 Å². The second-order valence-corrected chi connectivity index (χ2v) is 10.7. The number of nitrogens with one attached hydrogen (secondary N) is 1. The Hall–Kier alpha value is -2.63. The van der Waals surface area contributed by atoms with Gasteiger partial charge in [0.2, 0.25) is 0 Å². The summed E-state index contributed by atoms with van der Waals surface area (Å²) in [7, 11) is -4.26. The molecule has 2 aromatic rings. The average Bonchev–Trinajstić information content (AvgIpc) is 3.29. The maximum Gasteiger partial charge on any atom is 0.336 e. The van der Waals surface area contributed by atoms with Crippen LogP contribution >= 0.6 is 11.6 Å². The highest BCUT2D eigenvalue weighted by Crippen LogP contribution is 2.55. The zero-order chi connectivity index (χ0) is 24.3. The van der Waals surface area contributed by atoms with E-state index in [2.05, 4.69) is 5.32 Å². The standard InChI is InChI=1S/C21H17ClF3NO6S/c22-13-4-2-9(19(27)26-11-6-14(23)17(25)15(24)7-11)5-16(13)33(31,32)18-10-1-3-12(18)21(30,8-10)20(28)29/h2,4-7,10,12,18,30H,1,3,8H2,(H,26,27)(H,28,29)/t10?,12?,18-,21-/m1/s1. The molecule has 3 N–H and O–H groups in total. The highest BCUT2D eigenvalue weighted by molar-refractivity contribution is 7.92. The topological polar surface area (TPSA) is 121 Å². The number of rotatable bonds is 5. The number of aliphatic hydroxyl groups is 1. The first kappa shape index (κ1) is 23.5. The van der Waals surface area contributed by atoms with E-state index >= 15 is 0 Å². The zero-order valence-corrected chi connectivity index (χ0v) is 18.3. The maximum absolute atomic E-state index is 13.4. The Balaban J connectivity index is 1.66. The number of carbonyl (C=O) groups is 2. The molecule has 0 radical (unpaired) electrons. The van der Waals surface area contributed by atoms with Crippen LogP contribution in [0.25, 0.3) is 0 Å². The number of carbonyl (C=O) groups excluding carboxylic acids is 1. The number of hydrogen-bond donors (Lipinski definition) is 3. The van der Waals surface area contributed by atoms with Gasteiger partial charge in [0.1, 0.15) is 0 Å². The third-order valence-corrected chi connectivity index (χ3v) is 9.19. The van der Waals surface area contributed by atoms with Crippen molar-refractivity contribution in [2.45, 2.75) is 35.0 Å². The van der Waals surface area contributed by atoms with Crippen LogP contribution in [0.15, 0.2) is 35.2 Å². The van der Waals surface area contributed by atoms with Gasteiger partial charge in [0, 0.05) is 29.3 Å². The number of benzene rings is 2. The molecule has 0 spiro atoms. The molecule has 33 heavy (non-hydrogen) atoms. The molecular weight excluding hydrogens is 487 g/mol. The highest BCUT2D eigenvalue weighted by Gasteiger charge is 2.64. The van der Waals surface area contributed by atoms with Crippen LogP contribution < -0.4 is 5.32 Å². The third-order valence-electron chi connectivity index (χ3n) is 6.37. The predicted octanol–water partition coefficient (Wildman–Crippen LogP) is 3.40. The van der Waals surface area contributed by atoms with E-state index in [0.717, 1.165) is 12.1 Å². The van der Waals surface area contributed by atoms with Gasteiger partial charge in [0.15, 0.2) is 32.9 Å². The molecule has 0 aromatic heterocycles. The van der Waals surface area contributed by atoms with Crippen LogP contribution in [0.2, 0.25) is 5.02 Å². The quantitative estimate of drug-likeness (QED) is 0.538. The van der Waals surface area contributed by atoms with Crippen molar-refractivity contribution in [2.75, 3.05) is 5.32 Å². The van der Waals surface area contributed by atoms with E-state index in [0.29, 0.717) is 18.6 Å². The van der Waals surface area contributed by atoms with E-state index in [4.69, 9.17) is 11.6 Å². The van der Waals surface area contributed by atoms with Crippen molar-refractivity contribution in [3.8, 4) is 0 Å².